The van der Waals surface area contributed by atoms with Crippen LogP contribution in [0.5, 0.6) is 0 Å². The van der Waals surface area contributed by atoms with E-state index in [0.29, 0.717) is 6.61 Å². The maximum atomic E-state index is 11.5. The van der Waals surface area contributed by atoms with Gasteiger partial charge in [0, 0.05) is 12.8 Å². The Morgan fingerprint density at radius 3 is 1.41 bits per heavy atom. The minimum absolute atomic E-state index is 0.346. The number of hydrogen-bond acceptors (Lipinski definition) is 2. The normalized spacial score (nSPS) is 11.9. The summed E-state index contributed by atoms with van der Waals surface area (Å²) in [4.78, 5) is 0. The molecule has 0 unspecified atom stereocenters. The van der Waals surface area contributed by atoms with Gasteiger partial charge in [0.05, 0.1) is 7.14 Å². The highest BCUT2D eigenvalue weighted by molar-refractivity contribution is 7.62. The number of aliphatic hydroxyl groups is 1. The largest absolute Gasteiger partial charge is 0.396 e. The zero-order chi connectivity index (χ0) is 13.0. The summed E-state index contributed by atoms with van der Waals surface area (Å²) in [6.07, 6.45) is 13.4. The molecule has 0 atom stereocenters. The molecule has 0 saturated heterocycles. The summed E-state index contributed by atoms with van der Waals surface area (Å²) in [6.45, 7) is 4.12. The lowest BCUT2D eigenvalue weighted by Gasteiger charge is -2.05. The average Bonchev–Trinajstić information content (AvgIpc) is 2.24. The van der Waals surface area contributed by atoms with Crippen LogP contribution in [0.3, 0.4) is 0 Å². The van der Waals surface area contributed by atoms with Gasteiger partial charge in [-0.25, -0.2) is 0 Å². The molecule has 0 aliphatic heterocycles. The quantitative estimate of drug-likeness (QED) is 0.415. The van der Waals surface area contributed by atoms with E-state index < -0.39 is 7.14 Å². The standard InChI is InChI=1S/C14H31O2P/c1-17(2,16)14-12-10-8-6-4-3-5-7-9-11-13-15/h15H,3-14H2,1-2H3. The van der Waals surface area contributed by atoms with Crippen LogP contribution in [0.25, 0.3) is 0 Å². The van der Waals surface area contributed by atoms with E-state index in [1.807, 2.05) is 13.3 Å². The number of hydrogen-bond donors (Lipinski definition) is 1. The topological polar surface area (TPSA) is 37.3 Å². The smallest absolute Gasteiger partial charge is 0.0819 e. The molecule has 17 heavy (non-hydrogen) atoms. The third-order valence-corrected chi connectivity index (χ3v) is 4.50. The van der Waals surface area contributed by atoms with Crippen LogP contribution in [-0.2, 0) is 4.57 Å². The second-order valence-corrected chi connectivity index (χ2v) is 9.15. The van der Waals surface area contributed by atoms with E-state index in [4.69, 9.17) is 5.11 Å². The van der Waals surface area contributed by atoms with Crippen molar-refractivity contribution in [2.24, 2.45) is 0 Å². The van der Waals surface area contributed by atoms with Crippen molar-refractivity contribution in [3.8, 4) is 0 Å². The molecule has 104 valence electrons. The van der Waals surface area contributed by atoms with Gasteiger partial charge in [-0.15, -0.1) is 0 Å². The maximum absolute atomic E-state index is 11.5. The summed E-state index contributed by atoms with van der Waals surface area (Å²) >= 11 is 0. The molecule has 0 amide bonds. The van der Waals surface area contributed by atoms with Crippen LogP contribution in [0.15, 0.2) is 0 Å². The molecule has 0 saturated carbocycles. The lowest BCUT2D eigenvalue weighted by atomic mass is 10.1. The second kappa shape index (κ2) is 11.3. The molecule has 0 spiro atoms. The summed E-state index contributed by atoms with van der Waals surface area (Å²) in [7, 11) is -1.76. The number of rotatable bonds is 12. The van der Waals surface area contributed by atoms with E-state index in [-0.39, 0.29) is 0 Å². The summed E-state index contributed by atoms with van der Waals surface area (Å²) < 4.78 is 11.5. The van der Waals surface area contributed by atoms with Crippen molar-refractivity contribution in [3.05, 3.63) is 0 Å². The van der Waals surface area contributed by atoms with Gasteiger partial charge in [-0.2, -0.15) is 0 Å². The van der Waals surface area contributed by atoms with Crippen LogP contribution in [0.1, 0.15) is 64.2 Å². The first-order chi connectivity index (χ1) is 8.06. The fourth-order valence-corrected chi connectivity index (χ4v) is 3.00. The molecule has 0 radical (unpaired) electrons. The molecule has 0 aliphatic carbocycles. The van der Waals surface area contributed by atoms with Crippen LogP contribution in [-0.4, -0.2) is 31.2 Å². The van der Waals surface area contributed by atoms with E-state index in [9.17, 15) is 4.57 Å². The van der Waals surface area contributed by atoms with Gasteiger partial charge in [0.25, 0.3) is 0 Å². The van der Waals surface area contributed by atoms with E-state index in [0.717, 1.165) is 19.0 Å². The number of unbranched alkanes of at least 4 members (excludes halogenated alkanes) is 9. The molecule has 0 fully saturated rings. The molecule has 0 aromatic heterocycles. The monoisotopic (exact) mass is 262 g/mol. The van der Waals surface area contributed by atoms with Crippen molar-refractivity contribution < 1.29 is 9.67 Å². The SMILES string of the molecule is CP(C)(=O)CCCCCCCCCCCCO. The summed E-state index contributed by atoms with van der Waals surface area (Å²) in [6, 6.07) is 0. The highest BCUT2D eigenvalue weighted by atomic mass is 31.2. The van der Waals surface area contributed by atoms with E-state index in [1.165, 1.54) is 51.4 Å². The van der Waals surface area contributed by atoms with Gasteiger partial charge in [0.2, 0.25) is 0 Å². The molecule has 0 aliphatic rings. The minimum atomic E-state index is -1.76. The average molecular weight is 262 g/mol. The molecule has 0 rings (SSSR count). The van der Waals surface area contributed by atoms with Gasteiger partial charge in [0.1, 0.15) is 0 Å². The van der Waals surface area contributed by atoms with Crippen LogP contribution in [0, 0.1) is 0 Å². The van der Waals surface area contributed by atoms with Crippen LogP contribution >= 0.6 is 7.14 Å². The van der Waals surface area contributed by atoms with Crippen molar-refractivity contribution in [1.82, 2.24) is 0 Å². The zero-order valence-corrected chi connectivity index (χ0v) is 12.7. The molecule has 0 aromatic rings. The molecule has 3 heteroatoms. The molecule has 0 heterocycles. The highest BCUT2D eigenvalue weighted by Crippen LogP contribution is 2.36. The minimum Gasteiger partial charge on any atom is -0.396 e. The van der Waals surface area contributed by atoms with E-state index in [1.54, 1.807) is 0 Å². The fourth-order valence-electron chi connectivity index (χ4n) is 2.02. The Labute approximate surface area is 108 Å². The fraction of sp³-hybridized carbons (Fsp3) is 1.00. The lowest BCUT2D eigenvalue weighted by molar-refractivity contribution is 0.282. The summed E-state index contributed by atoms with van der Waals surface area (Å²) in [5.41, 5.74) is 0. The molecular weight excluding hydrogens is 231 g/mol. The third-order valence-electron chi connectivity index (χ3n) is 3.10. The Morgan fingerprint density at radius 2 is 1.06 bits per heavy atom. The first-order valence-electron chi connectivity index (χ1n) is 7.21. The first-order valence-corrected chi connectivity index (χ1v) is 10.00. The van der Waals surface area contributed by atoms with Crippen LogP contribution in [0.4, 0.5) is 0 Å². The molecule has 2 nitrogen and oxygen atoms in total. The summed E-state index contributed by atoms with van der Waals surface area (Å²) in [5.74, 6) is 0. The Hall–Kier alpha value is 0.190. The third kappa shape index (κ3) is 16.2. The van der Waals surface area contributed by atoms with Crippen LogP contribution < -0.4 is 0 Å². The van der Waals surface area contributed by atoms with Crippen molar-refractivity contribution in [3.63, 3.8) is 0 Å². The molecule has 1 N–H and O–H groups in total. The van der Waals surface area contributed by atoms with Gasteiger partial charge in [-0.05, 0) is 26.2 Å². The Morgan fingerprint density at radius 1 is 0.706 bits per heavy atom. The summed E-state index contributed by atoms with van der Waals surface area (Å²) in [5, 5.41) is 8.63. The van der Waals surface area contributed by atoms with Crippen molar-refractivity contribution in [2.45, 2.75) is 64.2 Å². The maximum Gasteiger partial charge on any atom is 0.0819 e. The highest BCUT2D eigenvalue weighted by Gasteiger charge is 2.05. The van der Waals surface area contributed by atoms with E-state index >= 15 is 0 Å². The molecular formula is C14H31O2P. The predicted molar refractivity (Wildman–Crippen MR) is 77.6 cm³/mol. The second-order valence-electron chi connectivity index (χ2n) is 5.56. The first kappa shape index (κ1) is 17.2. The Balaban J connectivity index is 3.01. The van der Waals surface area contributed by atoms with Crippen LogP contribution in [0.2, 0.25) is 0 Å². The Bertz CT molecular complexity index is 198. The zero-order valence-electron chi connectivity index (χ0n) is 11.8. The van der Waals surface area contributed by atoms with E-state index in [2.05, 4.69) is 0 Å². The lowest BCUT2D eigenvalue weighted by Crippen LogP contribution is -1.87. The van der Waals surface area contributed by atoms with Crippen molar-refractivity contribution in [1.29, 1.82) is 0 Å². The molecule has 0 aromatic carbocycles. The Kier molecular flexibility index (Phi) is 11.4. The van der Waals surface area contributed by atoms with Gasteiger partial charge < -0.3 is 9.67 Å². The molecule has 0 bridgehead atoms. The van der Waals surface area contributed by atoms with Crippen molar-refractivity contribution in [2.75, 3.05) is 26.1 Å². The number of aliphatic hydroxyl groups excluding tert-OH is 1. The van der Waals surface area contributed by atoms with Crippen molar-refractivity contribution >= 4 is 7.14 Å². The predicted octanol–water partition coefficient (Wildman–Crippen LogP) is 4.50. The van der Waals surface area contributed by atoms with Gasteiger partial charge >= 0.3 is 0 Å². The van der Waals surface area contributed by atoms with Gasteiger partial charge in [-0.1, -0.05) is 51.4 Å². The van der Waals surface area contributed by atoms with Gasteiger partial charge in [0.15, 0.2) is 0 Å². The van der Waals surface area contributed by atoms with Gasteiger partial charge in [-0.3, -0.25) is 0 Å².